The van der Waals surface area contributed by atoms with Crippen molar-refractivity contribution in [2.24, 2.45) is 0 Å². The minimum Gasteiger partial charge on any atom is -0.354 e. The lowest BCUT2D eigenvalue weighted by Gasteiger charge is -2.37. The molecule has 3 aromatic rings. The summed E-state index contributed by atoms with van der Waals surface area (Å²) in [5, 5.41) is 3.56. The van der Waals surface area contributed by atoms with E-state index in [1.54, 1.807) is 23.1 Å². The number of fused-ring (bicyclic) bond motifs is 1. The smallest absolute Gasteiger partial charge is 0.354 e. The summed E-state index contributed by atoms with van der Waals surface area (Å²) in [4.78, 5) is 31.4. The Kier molecular flexibility index (Phi) is 8.81. The zero-order valence-electron chi connectivity index (χ0n) is 23.0. The maximum Gasteiger partial charge on any atom is 0.451 e. The molecule has 226 valence electrons. The number of piperidine rings is 1. The molecular formula is C28H31ClF5N7O. The third-order valence-corrected chi connectivity index (χ3v) is 8.23. The van der Waals surface area contributed by atoms with E-state index in [1.165, 1.54) is 0 Å². The number of anilines is 1. The highest BCUT2D eigenvalue weighted by molar-refractivity contribution is 6.35. The van der Waals surface area contributed by atoms with E-state index in [-0.39, 0.29) is 35.8 Å². The molecule has 4 heterocycles. The number of carbonyl (C=O) groups excluding carboxylic acids is 1. The van der Waals surface area contributed by atoms with Crippen molar-refractivity contribution < 1.29 is 26.7 Å². The first kappa shape index (κ1) is 30.3. The van der Waals surface area contributed by atoms with Crippen molar-refractivity contribution in [3.8, 4) is 0 Å². The van der Waals surface area contributed by atoms with Crippen LogP contribution in [0.4, 0.5) is 27.8 Å². The molecule has 0 aliphatic carbocycles. The topological polar surface area (TPSA) is 77.5 Å². The molecule has 2 aliphatic rings. The van der Waals surface area contributed by atoms with Crippen molar-refractivity contribution in [2.75, 3.05) is 57.3 Å². The molecule has 1 N–H and O–H groups in total. The van der Waals surface area contributed by atoms with E-state index in [1.807, 2.05) is 6.07 Å². The van der Waals surface area contributed by atoms with Crippen LogP contribution in [0.25, 0.3) is 10.9 Å². The minimum atomic E-state index is -4.72. The van der Waals surface area contributed by atoms with Gasteiger partial charge in [-0.2, -0.15) is 13.2 Å². The lowest BCUT2D eigenvalue weighted by atomic mass is 10.0. The molecule has 2 aliphatic heterocycles. The number of hydrogen-bond donors (Lipinski definition) is 1. The van der Waals surface area contributed by atoms with Gasteiger partial charge in [0.15, 0.2) is 0 Å². The van der Waals surface area contributed by atoms with Gasteiger partial charge >= 0.3 is 6.18 Å². The summed E-state index contributed by atoms with van der Waals surface area (Å²) in [6.45, 7) is 6.56. The molecular weight excluding hydrogens is 581 g/mol. The molecule has 0 saturated carbocycles. The first-order valence-corrected chi connectivity index (χ1v) is 14.2. The second-order valence-electron chi connectivity index (χ2n) is 10.5. The fourth-order valence-corrected chi connectivity index (χ4v) is 5.67. The van der Waals surface area contributed by atoms with Crippen molar-refractivity contribution in [1.29, 1.82) is 0 Å². The number of hydrogen-bond acceptors (Lipinski definition) is 7. The van der Waals surface area contributed by atoms with Crippen molar-refractivity contribution in [2.45, 2.75) is 37.9 Å². The Labute approximate surface area is 244 Å². The number of halogens is 6. The van der Waals surface area contributed by atoms with Crippen LogP contribution in [0.1, 0.15) is 47.6 Å². The largest absolute Gasteiger partial charge is 0.451 e. The molecule has 0 radical (unpaired) electrons. The average Bonchev–Trinajstić information content (AvgIpc) is 2.97. The maximum absolute atomic E-state index is 13.9. The van der Waals surface area contributed by atoms with Crippen molar-refractivity contribution in [1.82, 2.24) is 30.1 Å². The standard InChI is InChI=1S/C28H31ClF5N7O/c1-2-39-11-13-41(14-12-39)23-6-3-19-21(38-23)5-4-20(29)24(19)25(42)35-17-22(40-9-7-27(30,31)8-10-40)18-15-36-26(37-16-18)28(32,33)34/h3-6,15-16,22H,2,7-14,17H2,1H3,(H,35,42). The first-order chi connectivity index (χ1) is 19.9. The van der Waals surface area contributed by atoms with Gasteiger partial charge < -0.3 is 15.1 Å². The number of likely N-dealkylation sites (tertiary alicyclic amines) is 1. The fraction of sp³-hybridized carbons (Fsp3) is 0.500. The molecule has 5 rings (SSSR count). The van der Waals surface area contributed by atoms with Crippen LogP contribution < -0.4 is 10.2 Å². The van der Waals surface area contributed by atoms with Crippen molar-refractivity contribution in [3.63, 3.8) is 0 Å². The van der Waals surface area contributed by atoms with E-state index in [0.29, 0.717) is 10.9 Å². The summed E-state index contributed by atoms with van der Waals surface area (Å²) >= 11 is 6.47. The van der Waals surface area contributed by atoms with Crippen LogP contribution in [-0.4, -0.2) is 88.9 Å². The van der Waals surface area contributed by atoms with Gasteiger partial charge in [0.25, 0.3) is 11.8 Å². The Morgan fingerprint density at radius 2 is 1.69 bits per heavy atom. The molecule has 1 atom stereocenters. The molecule has 2 saturated heterocycles. The van der Waals surface area contributed by atoms with E-state index >= 15 is 0 Å². The molecule has 0 spiro atoms. The lowest BCUT2D eigenvalue weighted by molar-refractivity contribution is -0.145. The maximum atomic E-state index is 13.9. The summed E-state index contributed by atoms with van der Waals surface area (Å²) in [6, 6.07) is 6.27. The number of amides is 1. The summed E-state index contributed by atoms with van der Waals surface area (Å²) in [6.07, 6.45) is -3.49. The first-order valence-electron chi connectivity index (χ1n) is 13.8. The van der Waals surface area contributed by atoms with Crippen LogP contribution >= 0.6 is 11.6 Å². The third-order valence-electron chi connectivity index (χ3n) is 7.91. The molecule has 42 heavy (non-hydrogen) atoms. The second kappa shape index (κ2) is 12.2. The third kappa shape index (κ3) is 6.73. The molecule has 1 amide bonds. The number of benzene rings is 1. The number of aromatic nitrogens is 3. The van der Waals surface area contributed by atoms with Gasteiger partial charge in [-0.25, -0.2) is 23.7 Å². The summed E-state index contributed by atoms with van der Waals surface area (Å²) in [5.41, 5.74) is 1.06. The number of piperazine rings is 1. The van der Waals surface area contributed by atoms with Crippen LogP contribution in [0, 0.1) is 0 Å². The molecule has 8 nitrogen and oxygen atoms in total. The minimum absolute atomic E-state index is 0.0111. The number of alkyl halides is 5. The predicted molar refractivity (Wildman–Crippen MR) is 149 cm³/mol. The van der Waals surface area contributed by atoms with Gasteiger partial charge in [0, 0.05) is 82.0 Å². The van der Waals surface area contributed by atoms with Crippen LogP contribution in [0.5, 0.6) is 0 Å². The normalized spacial score (nSPS) is 19.2. The summed E-state index contributed by atoms with van der Waals surface area (Å²) in [5.74, 6) is -3.85. The lowest BCUT2D eigenvalue weighted by Crippen LogP contribution is -2.46. The number of carbonyl (C=O) groups is 1. The Bertz CT molecular complexity index is 1400. The Morgan fingerprint density at radius 1 is 1.02 bits per heavy atom. The van der Waals surface area contributed by atoms with Gasteiger partial charge in [0.2, 0.25) is 5.82 Å². The van der Waals surface area contributed by atoms with Crippen LogP contribution in [-0.2, 0) is 6.18 Å². The Morgan fingerprint density at radius 3 is 2.31 bits per heavy atom. The fourth-order valence-electron chi connectivity index (χ4n) is 5.42. The van der Waals surface area contributed by atoms with Gasteiger partial charge in [0.1, 0.15) is 5.82 Å². The average molecular weight is 612 g/mol. The molecule has 1 aromatic carbocycles. The Balaban J connectivity index is 1.36. The van der Waals surface area contributed by atoms with Crippen LogP contribution in [0.15, 0.2) is 36.7 Å². The van der Waals surface area contributed by atoms with Crippen molar-refractivity contribution >= 4 is 34.2 Å². The number of nitrogens with zero attached hydrogens (tertiary/aromatic N) is 6. The zero-order chi connectivity index (χ0) is 30.1. The number of nitrogens with one attached hydrogen (secondary N) is 1. The highest BCUT2D eigenvalue weighted by atomic mass is 35.5. The second-order valence-corrected chi connectivity index (χ2v) is 10.9. The molecule has 14 heteroatoms. The zero-order valence-corrected chi connectivity index (χ0v) is 23.7. The van der Waals surface area contributed by atoms with E-state index < -0.39 is 42.7 Å². The van der Waals surface area contributed by atoms with E-state index in [2.05, 4.69) is 32.0 Å². The number of likely N-dealkylation sites (N-methyl/N-ethyl adjacent to an activating group) is 1. The van der Waals surface area contributed by atoms with Crippen LogP contribution in [0.3, 0.4) is 0 Å². The monoisotopic (exact) mass is 611 g/mol. The van der Waals surface area contributed by atoms with Crippen LogP contribution in [0.2, 0.25) is 5.02 Å². The van der Waals surface area contributed by atoms with E-state index in [9.17, 15) is 26.7 Å². The quantitative estimate of drug-likeness (QED) is 0.375. The summed E-state index contributed by atoms with van der Waals surface area (Å²) < 4.78 is 66.8. The molecule has 1 unspecified atom stereocenters. The van der Waals surface area contributed by atoms with E-state index in [4.69, 9.17) is 16.6 Å². The predicted octanol–water partition coefficient (Wildman–Crippen LogP) is 5.04. The molecule has 0 bridgehead atoms. The van der Waals surface area contributed by atoms with Gasteiger partial charge in [0.05, 0.1) is 22.1 Å². The van der Waals surface area contributed by atoms with Gasteiger partial charge in [-0.05, 0) is 30.8 Å². The summed E-state index contributed by atoms with van der Waals surface area (Å²) in [7, 11) is 0. The number of rotatable bonds is 7. The molecule has 2 fully saturated rings. The number of pyridine rings is 1. The Hall–Kier alpha value is -3.16. The van der Waals surface area contributed by atoms with E-state index in [0.717, 1.165) is 50.9 Å². The van der Waals surface area contributed by atoms with Gasteiger partial charge in [-0.3, -0.25) is 9.69 Å². The highest BCUT2D eigenvalue weighted by Crippen LogP contribution is 2.33. The van der Waals surface area contributed by atoms with Gasteiger partial charge in [-0.1, -0.05) is 18.5 Å². The molecule has 2 aromatic heterocycles. The van der Waals surface area contributed by atoms with Crippen molar-refractivity contribution in [3.05, 3.63) is 58.6 Å². The van der Waals surface area contributed by atoms with Gasteiger partial charge in [-0.15, -0.1) is 0 Å². The SMILES string of the molecule is CCN1CCN(c2ccc3c(C(=O)NCC(c4cnc(C(F)(F)F)nc4)N4CCC(F)(F)CC4)c(Cl)ccc3n2)CC1. The highest BCUT2D eigenvalue weighted by Gasteiger charge is 2.38.